The molecule has 3 heterocycles. The van der Waals surface area contributed by atoms with Gasteiger partial charge in [0.05, 0.1) is 11.1 Å². The van der Waals surface area contributed by atoms with Crippen molar-refractivity contribution in [3.63, 3.8) is 0 Å². The van der Waals surface area contributed by atoms with Gasteiger partial charge in [0.1, 0.15) is 22.3 Å². The molecule has 8 aromatic carbocycles. The molecule has 242 valence electrons. The summed E-state index contributed by atoms with van der Waals surface area (Å²) in [6, 6.07) is 56.3. The van der Waals surface area contributed by atoms with Crippen LogP contribution in [0.3, 0.4) is 0 Å². The Bertz CT molecular complexity index is 3080. The van der Waals surface area contributed by atoms with Gasteiger partial charge >= 0.3 is 0 Å². The van der Waals surface area contributed by atoms with Crippen LogP contribution >= 0.6 is 0 Å². The fourth-order valence-electron chi connectivity index (χ4n) is 7.77. The van der Waals surface area contributed by atoms with Gasteiger partial charge in [0.15, 0.2) is 17.5 Å². The van der Waals surface area contributed by atoms with E-state index in [1.54, 1.807) is 0 Å². The van der Waals surface area contributed by atoms with Crippen molar-refractivity contribution in [2.24, 2.45) is 0 Å². The molecule has 0 N–H and O–H groups in total. The third-order valence-corrected chi connectivity index (χ3v) is 10.2. The molecule has 0 aliphatic heterocycles. The SMILES string of the molecule is c1ccc(-c2cc3ccccc3c3ccccc23)c(-c2nc(-c3cccc4c3oc3ccccc34)nc(-c3cccc4c3oc3ccccc34)n2)c1. The lowest BCUT2D eigenvalue weighted by Gasteiger charge is -2.15. The highest BCUT2D eigenvalue weighted by molar-refractivity contribution is 6.15. The molecule has 52 heavy (non-hydrogen) atoms. The molecule has 0 unspecified atom stereocenters. The Morgan fingerprint density at radius 3 is 1.33 bits per heavy atom. The second kappa shape index (κ2) is 11.2. The van der Waals surface area contributed by atoms with Crippen LogP contribution in [0.5, 0.6) is 0 Å². The Balaban J connectivity index is 1.21. The number of benzene rings is 8. The minimum atomic E-state index is 0.524. The van der Waals surface area contributed by atoms with Crippen LogP contribution in [0.1, 0.15) is 0 Å². The van der Waals surface area contributed by atoms with Crippen LogP contribution in [-0.4, -0.2) is 15.0 Å². The van der Waals surface area contributed by atoms with E-state index in [0.29, 0.717) is 17.5 Å². The van der Waals surface area contributed by atoms with E-state index in [4.69, 9.17) is 23.8 Å². The molecule has 0 aliphatic rings. The predicted molar refractivity (Wildman–Crippen MR) is 211 cm³/mol. The van der Waals surface area contributed by atoms with E-state index in [1.165, 1.54) is 21.5 Å². The van der Waals surface area contributed by atoms with Crippen LogP contribution in [0.25, 0.3) is 111 Å². The highest BCUT2D eigenvalue weighted by atomic mass is 16.3. The molecular formula is C47H27N3O2. The van der Waals surface area contributed by atoms with Crippen LogP contribution in [0.2, 0.25) is 0 Å². The monoisotopic (exact) mass is 665 g/mol. The number of nitrogens with zero attached hydrogens (tertiary/aromatic N) is 3. The Hall–Kier alpha value is -7.11. The number of hydrogen-bond acceptors (Lipinski definition) is 5. The van der Waals surface area contributed by atoms with Gasteiger partial charge in [-0.15, -0.1) is 0 Å². The summed E-state index contributed by atoms with van der Waals surface area (Å²) >= 11 is 0. The van der Waals surface area contributed by atoms with Crippen molar-refractivity contribution in [2.45, 2.75) is 0 Å². The topological polar surface area (TPSA) is 65.0 Å². The lowest BCUT2D eigenvalue weighted by atomic mass is 9.91. The minimum absolute atomic E-state index is 0.524. The molecule has 3 aromatic heterocycles. The minimum Gasteiger partial charge on any atom is -0.455 e. The van der Waals surface area contributed by atoms with Crippen molar-refractivity contribution < 1.29 is 8.83 Å². The van der Waals surface area contributed by atoms with Crippen molar-refractivity contribution >= 4 is 65.4 Å². The van der Waals surface area contributed by atoms with Crippen LogP contribution in [0, 0.1) is 0 Å². The summed E-state index contributed by atoms with van der Waals surface area (Å²) in [6.45, 7) is 0. The van der Waals surface area contributed by atoms with E-state index in [0.717, 1.165) is 71.7 Å². The quantitative estimate of drug-likeness (QED) is 0.175. The lowest BCUT2D eigenvalue weighted by Crippen LogP contribution is -2.01. The van der Waals surface area contributed by atoms with Crippen molar-refractivity contribution in [3.05, 3.63) is 164 Å². The van der Waals surface area contributed by atoms with Crippen LogP contribution in [-0.2, 0) is 0 Å². The first-order chi connectivity index (χ1) is 25.8. The van der Waals surface area contributed by atoms with Crippen molar-refractivity contribution in [1.29, 1.82) is 0 Å². The Labute approximate surface area is 297 Å². The molecule has 0 spiro atoms. The smallest absolute Gasteiger partial charge is 0.167 e. The molecule has 0 aliphatic carbocycles. The van der Waals surface area contributed by atoms with E-state index < -0.39 is 0 Å². The van der Waals surface area contributed by atoms with Gasteiger partial charge in [0.2, 0.25) is 0 Å². The van der Waals surface area contributed by atoms with Gasteiger partial charge in [-0.1, -0.05) is 133 Å². The number of aromatic nitrogens is 3. The van der Waals surface area contributed by atoms with Crippen molar-refractivity contribution in [1.82, 2.24) is 15.0 Å². The van der Waals surface area contributed by atoms with E-state index in [1.807, 2.05) is 66.7 Å². The summed E-state index contributed by atoms with van der Waals surface area (Å²) in [5, 5.41) is 8.90. The number of fused-ring (bicyclic) bond motifs is 9. The average molecular weight is 666 g/mol. The molecule has 11 aromatic rings. The third-order valence-electron chi connectivity index (χ3n) is 10.2. The fourth-order valence-corrected chi connectivity index (χ4v) is 7.77. The van der Waals surface area contributed by atoms with Crippen molar-refractivity contribution in [2.75, 3.05) is 0 Å². The van der Waals surface area contributed by atoms with Gasteiger partial charge in [0, 0.05) is 27.1 Å². The lowest BCUT2D eigenvalue weighted by molar-refractivity contribution is 0.669. The standard InChI is InChI=1S/C47H27N3O2/c1-2-14-29-28(13-1)27-40(31-16-4-3-15-30(29)31)32-17-5-6-20-37(32)45-48-46(38-23-11-21-35-33-18-7-9-25-41(33)51-43(35)38)50-47(49-45)39-24-12-22-36-34-19-8-10-26-42(34)52-44(36)39/h1-27H. The van der Waals surface area contributed by atoms with Crippen LogP contribution in [0.4, 0.5) is 0 Å². The zero-order valence-corrected chi connectivity index (χ0v) is 27.7. The van der Waals surface area contributed by atoms with Gasteiger partial charge in [0.25, 0.3) is 0 Å². The first-order valence-corrected chi connectivity index (χ1v) is 17.4. The second-order valence-electron chi connectivity index (χ2n) is 13.1. The van der Waals surface area contributed by atoms with Gasteiger partial charge in [-0.25, -0.2) is 15.0 Å². The van der Waals surface area contributed by atoms with E-state index >= 15 is 0 Å². The zero-order valence-electron chi connectivity index (χ0n) is 27.7. The van der Waals surface area contributed by atoms with Gasteiger partial charge < -0.3 is 8.83 Å². The Morgan fingerprint density at radius 2 is 0.712 bits per heavy atom. The van der Waals surface area contributed by atoms with Crippen LogP contribution < -0.4 is 0 Å². The summed E-state index contributed by atoms with van der Waals surface area (Å²) in [7, 11) is 0. The molecule has 0 bridgehead atoms. The maximum absolute atomic E-state index is 6.50. The molecule has 0 fully saturated rings. The predicted octanol–water partition coefficient (Wildman–Crippen LogP) is 12.6. The average Bonchev–Trinajstić information content (AvgIpc) is 3.79. The Morgan fingerprint density at radius 1 is 0.288 bits per heavy atom. The highest BCUT2D eigenvalue weighted by Gasteiger charge is 2.22. The van der Waals surface area contributed by atoms with E-state index in [2.05, 4.69) is 97.1 Å². The normalized spacial score (nSPS) is 11.8. The molecule has 0 radical (unpaired) electrons. The molecule has 0 saturated carbocycles. The maximum Gasteiger partial charge on any atom is 0.167 e. The van der Waals surface area contributed by atoms with Crippen molar-refractivity contribution in [3.8, 4) is 45.3 Å². The second-order valence-corrected chi connectivity index (χ2v) is 13.1. The molecule has 5 heteroatoms. The molecule has 5 nitrogen and oxygen atoms in total. The fraction of sp³-hybridized carbons (Fsp3) is 0. The first kappa shape index (κ1) is 28.7. The summed E-state index contributed by atoms with van der Waals surface area (Å²) in [4.78, 5) is 15.7. The molecule has 11 rings (SSSR count). The summed E-state index contributed by atoms with van der Waals surface area (Å²) in [5.41, 5.74) is 7.77. The number of furan rings is 2. The number of rotatable bonds is 4. The van der Waals surface area contributed by atoms with Crippen LogP contribution in [0.15, 0.2) is 173 Å². The summed E-state index contributed by atoms with van der Waals surface area (Å²) in [6.07, 6.45) is 0. The van der Waals surface area contributed by atoms with Gasteiger partial charge in [-0.2, -0.15) is 0 Å². The molecule has 0 amide bonds. The molecule has 0 saturated heterocycles. The Kier molecular flexibility index (Phi) is 6.18. The molecular weight excluding hydrogens is 639 g/mol. The largest absolute Gasteiger partial charge is 0.455 e. The van der Waals surface area contributed by atoms with Gasteiger partial charge in [-0.3, -0.25) is 0 Å². The van der Waals surface area contributed by atoms with Gasteiger partial charge in [-0.05, 0) is 63.0 Å². The third kappa shape index (κ3) is 4.33. The zero-order chi connectivity index (χ0) is 34.2. The van der Waals surface area contributed by atoms with E-state index in [-0.39, 0.29) is 0 Å². The number of hydrogen-bond donors (Lipinski definition) is 0. The first-order valence-electron chi connectivity index (χ1n) is 17.4. The maximum atomic E-state index is 6.50. The summed E-state index contributed by atoms with van der Waals surface area (Å²) in [5.74, 6) is 1.61. The summed E-state index contributed by atoms with van der Waals surface area (Å²) < 4.78 is 13.0. The number of para-hydroxylation sites is 4. The highest BCUT2D eigenvalue weighted by Crippen LogP contribution is 2.41. The van der Waals surface area contributed by atoms with E-state index in [9.17, 15) is 0 Å². The molecule has 0 atom stereocenters.